The Kier molecular flexibility index (Phi) is 8.12. The molecule has 4 rings (SSSR count). The van der Waals surface area contributed by atoms with E-state index < -0.39 is 33.4 Å². The van der Waals surface area contributed by atoms with Crippen molar-refractivity contribution in [2.24, 2.45) is 5.41 Å². The molecule has 3 fully saturated rings. The number of fused-ring (bicyclic) bond motifs is 1. The number of aliphatic carboxylic acids is 1. The highest BCUT2D eigenvalue weighted by molar-refractivity contribution is 7.89. The molecule has 0 unspecified atom stereocenters. The quantitative estimate of drug-likeness (QED) is 0.612. The number of benzene rings is 1. The lowest BCUT2D eigenvalue weighted by atomic mass is 9.75. The lowest BCUT2D eigenvalue weighted by molar-refractivity contribution is -0.192. The van der Waals surface area contributed by atoms with Crippen LogP contribution in [0, 0.1) is 11.2 Å². The highest BCUT2D eigenvalue weighted by atomic mass is 32.2. The molecule has 2 atom stereocenters. The number of likely N-dealkylation sites (tertiary alicyclic amines) is 2. The SMILES string of the molecule is CN1CC[C@@]2(C(=O)N3CCCC3)CCN(S(=O)(=O)c3cccc(F)c3)CC[C@@H]12.O=C(O)C(F)(F)F. The first-order chi connectivity index (χ1) is 16.3. The molecule has 8 nitrogen and oxygen atoms in total. The number of alkyl halides is 3. The summed E-state index contributed by atoms with van der Waals surface area (Å²) in [6, 6.07) is 5.21. The first-order valence-corrected chi connectivity index (χ1v) is 12.8. The van der Waals surface area contributed by atoms with Gasteiger partial charge in [-0.05, 0) is 63.9 Å². The van der Waals surface area contributed by atoms with Crippen LogP contribution in [-0.4, -0.2) is 91.5 Å². The summed E-state index contributed by atoms with van der Waals surface area (Å²) in [6.07, 6.45) is -1.08. The maximum atomic E-state index is 13.6. The molecule has 1 aromatic rings. The number of amides is 1. The summed E-state index contributed by atoms with van der Waals surface area (Å²) in [5.41, 5.74) is -0.509. The second-order valence-corrected chi connectivity index (χ2v) is 11.0. The van der Waals surface area contributed by atoms with Gasteiger partial charge >= 0.3 is 12.1 Å². The van der Waals surface area contributed by atoms with Gasteiger partial charge in [-0.25, -0.2) is 17.6 Å². The number of carbonyl (C=O) groups is 2. The normalized spacial score (nSPS) is 26.0. The summed E-state index contributed by atoms with van der Waals surface area (Å²) >= 11 is 0. The van der Waals surface area contributed by atoms with Crippen molar-refractivity contribution >= 4 is 21.9 Å². The number of hydrogen-bond donors (Lipinski definition) is 1. The van der Waals surface area contributed by atoms with E-state index in [1.165, 1.54) is 22.5 Å². The molecule has 0 radical (unpaired) electrons. The van der Waals surface area contributed by atoms with E-state index in [0.29, 0.717) is 25.9 Å². The maximum absolute atomic E-state index is 13.6. The molecule has 0 saturated carbocycles. The number of carbonyl (C=O) groups excluding carboxylic acids is 1. The van der Waals surface area contributed by atoms with E-state index in [1.807, 2.05) is 11.9 Å². The van der Waals surface area contributed by atoms with Crippen LogP contribution >= 0.6 is 0 Å². The van der Waals surface area contributed by atoms with Gasteiger partial charge in [-0.1, -0.05) is 6.07 Å². The molecule has 0 bridgehead atoms. The standard InChI is InChI=1S/C20H28FN3O3S.C2HF3O2/c1-22-13-8-20(19(25)23-10-2-3-11-23)9-14-24(12-7-18(20)22)28(26,27)17-6-4-5-16(21)15-17;3-2(4,5)1(6)7/h4-6,15,18H,2-3,7-14H2,1H3;(H,6,7)/t18-,20-;/m1./s1. The molecular weight excluding hydrogens is 494 g/mol. The van der Waals surface area contributed by atoms with Crippen LogP contribution in [0.5, 0.6) is 0 Å². The van der Waals surface area contributed by atoms with Gasteiger partial charge in [0.05, 0.1) is 10.3 Å². The Bertz CT molecular complexity index is 1050. The molecule has 3 saturated heterocycles. The van der Waals surface area contributed by atoms with E-state index in [1.54, 1.807) is 0 Å². The molecule has 0 aromatic heterocycles. The Morgan fingerprint density at radius 2 is 1.66 bits per heavy atom. The van der Waals surface area contributed by atoms with E-state index >= 15 is 0 Å². The largest absolute Gasteiger partial charge is 0.490 e. The van der Waals surface area contributed by atoms with Gasteiger partial charge in [-0.15, -0.1) is 0 Å². The lowest BCUT2D eigenvalue weighted by Crippen LogP contribution is -2.49. The molecule has 1 amide bonds. The fourth-order valence-corrected chi connectivity index (χ4v) is 6.71. The van der Waals surface area contributed by atoms with Crippen LogP contribution in [0.1, 0.15) is 32.1 Å². The smallest absolute Gasteiger partial charge is 0.475 e. The van der Waals surface area contributed by atoms with Crippen LogP contribution in [0.2, 0.25) is 0 Å². The van der Waals surface area contributed by atoms with Gasteiger partial charge in [0.1, 0.15) is 5.82 Å². The number of halogens is 4. The first kappa shape index (κ1) is 27.3. The van der Waals surface area contributed by atoms with Crippen molar-refractivity contribution in [3.8, 4) is 0 Å². The molecule has 0 aliphatic carbocycles. The van der Waals surface area contributed by atoms with Crippen molar-refractivity contribution < 1.29 is 40.7 Å². The van der Waals surface area contributed by atoms with Crippen molar-refractivity contribution in [3.63, 3.8) is 0 Å². The monoisotopic (exact) mass is 523 g/mol. The summed E-state index contributed by atoms with van der Waals surface area (Å²) in [5.74, 6) is -3.12. The van der Waals surface area contributed by atoms with E-state index in [-0.39, 0.29) is 16.8 Å². The van der Waals surface area contributed by atoms with E-state index in [0.717, 1.165) is 45.0 Å². The Morgan fingerprint density at radius 1 is 1.06 bits per heavy atom. The third-order valence-corrected chi connectivity index (χ3v) is 8.93. The molecule has 1 aromatic carbocycles. The molecule has 1 N–H and O–H groups in total. The summed E-state index contributed by atoms with van der Waals surface area (Å²) in [6.45, 7) is 3.12. The summed E-state index contributed by atoms with van der Waals surface area (Å²) in [5, 5.41) is 7.12. The minimum absolute atomic E-state index is 0.0205. The number of carboxylic acid groups (broad SMARTS) is 1. The van der Waals surface area contributed by atoms with Gasteiger partial charge < -0.3 is 14.9 Å². The number of carboxylic acids is 1. The maximum Gasteiger partial charge on any atom is 0.490 e. The van der Waals surface area contributed by atoms with Gasteiger partial charge in [0.2, 0.25) is 15.9 Å². The highest BCUT2D eigenvalue weighted by Gasteiger charge is 2.54. The predicted octanol–water partition coefficient (Wildman–Crippen LogP) is 2.56. The zero-order chi connectivity index (χ0) is 26.0. The molecule has 3 aliphatic heterocycles. The van der Waals surface area contributed by atoms with Crippen LogP contribution in [-0.2, 0) is 19.6 Å². The topological polar surface area (TPSA) is 98.2 Å². The highest BCUT2D eigenvalue weighted by Crippen LogP contribution is 2.45. The van der Waals surface area contributed by atoms with Crippen LogP contribution in [0.15, 0.2) is 29.2 Å². The predicted molar refractivity (Wildman–Crippen MR) is 117 cm³/mol. The Labute approximate surface area is 201 Å². The Balaban J connectivity index is 0.000000429. The van der Waals surface area contributed by atoms with Crippen LogP contribution in [0.3, 0.4) is 0 Å². The van der Waals surface area contributed by atoms with Gasteiger partial charge in [0.25, 0.3) is 0 Å². The third-order valence-electron chi connectivity index (χ3n) is 7.04. The van der Waals surface area contributed by atoms with E-state index in [2.05, 4.69) is 4.90 Å². The molecule has 3 aliphatic rings. The minimum atomic E-state index is -5.08. The molecule has 35 heavy (non-hydrogen) atoms. The minimum Gasteiger partial charge on any atom is -0.475 e. The van der Waals surface area contributed by atoms with Gasteiger partial charge in [-0.2, -0.15) is 17.5 Å². The molecule has 196 valence electrons. The summed E-state index contributed by atoms with van der Waals surface area (Å²) in [4.78, 5) is 26.5. The number of nitrogens with zero attached hydrogens (tertiary/aromatic N) is 3. The fraction of sp³-hybridized carbons (Fsp3) is 0.636. The Morgan fingerprint density at radius 3 is 2.23 bits per heavy atom. The fourth-order valence-electron chi connectivity index (χ4n) is 5.22. The van der Waals surface area contributed by atoms with Crippen molar-refractivity contribution in [2.75, 3.05) is 39.8 Å². The van der Waals surface area contributed by atoms with E-state index in [9.17, 15) is 30.8 Å². The Hall–Kier alpha value is -2.25. The van der Waals surface area contributed by atoms with Crippen molar-refractivity contribution in [3.05, 3.63) is 30.1 Å². The van der Waals surface area contributed by atoms with Crippen molar-refractivity contribution in [1.82, 2.24) is 14.1 Å². The summed E-state index contributed by atoms with van der Waals surface area (Å²) in [7, 11) is -1.75. The zero-order valence-electron chi connectivity index (χ0n) is 19.3. The van der Waals surface area contributed by atoms with E-state index in [4.69, 9.17) is 9.90 Å². The molecular formula is C22H29F4N3O5S. The number of sulfonamides is 1. The molecule has 3 heterocycles. The van der Waals surface area contributed by atoms with Crippen LogP contribution < -0.4 is 0 Å². The average molecular weight is 524 g/mol. The average Bonchev–Trinajstić information content (AvgIpc) is 3.37. The van der Waals surface area contributed by atoms with Crippen LogP contribution in [0.25, 0.3) is 0 Å². The third kappa shape index (κ3) is 5.78. The van der Waals surface area contributed by atoms with Gasteiger partial charge in [-0.3, -0.25) is 4.79 Å². The first-order valence-electron chi connectivity index (χ1n) is 11.3. The number of rotatable bonds is 3. The molecule has 13 heteroatoms. The second kappa shape index (κ2) is 10.4. The summed E-state index contributed by atoms with van der Waals surface area (Å²) < 4.78 is 72.9. The zero-order valence-corrected chi connectivity index (χ0v) is 20.1. The van der Waals surface area contributed by atoms with Crippen LogP contribution in [0.4, 0.5) is 17.6 Å². The van der Waals surface area contributed by atoms with Gasteiger partial charge in [0.15, 0.2) is 0 Å². The lowest BCUT2D eigenvalue weighted by Gasteiger charge is -2.37. The molecule has 0 spiro atoms. The van der Waals surface area contributed by atoms with Crippen molar-refractivity contribution in [2.45, 2.75) is 49.2 Å². The number of hydrogen-bond acceptors (Lipinski definition) is 5. The van der Waals surface area contributed by atoms with Gasteiger partial charge in [0, 0.05) is 32.2 Å². The second-order valence-electron chi connectivity index (χ2n) is 9.10. The van der Waals surface area contributed by atoms with Crippen molar-refractivity contribution in [1.29, 1.82) is 0 Å².